The predicted molar refractivity (Wildman–Crippen MR) is 101 cm³/mol. The normalized spacial score (nSPS) is 15.2. The molecule has 0 saturated carbocycles. The Morgan fingerprint density at radius 1 is 1.08 bits per heavy atom. The van der Waals surface area contributed by atoms with Crippen molar-refractivity contribution >= 4 is 44.6 Å². The summed E-state index contributed by atoms with van der Waals surface area (Å²) in [7, 11) is -3.64. The summed E-state index contributed by atoms with van der Waals surface area (Å²) in [5.74, 6) is 0.126. The van der Waals surface area contributed by atoms with Gasteiger partial charge in [0.05, 0.1) is 10.8 Å². The Kier molecular flexibility index (Phi) is 5.66. The van der Waals surface area contributed by atoms with Gasteiger partial charge in [-0.2, -0.15) is 0 Å². The van der Waals surface area contributed by atoms with Crippen LogP contribution in [0.1, 0.15) is 24.8 Å². The summed E-state index contributed by atoms with van der Waals surface area (Å²) in [6.07, 6.45) is 3.67. The van der Waals surface area contributed by atoms with E-state index in [2.05, 4.69) is 4.72 Å². The zero-order valence-corrected chi connectivity index (χ0v) is 16.0. The van der Waals surface area contributed by atoms with Gasteiger partial charge in [0.1, 0.15) is 4.21 Å². The number of carbonyl (C=O) groups is 1. The van der Waals surface area contributed by atoms with Gasteiger partial charge in [0.25, 0.3) is 10.0 Å². The Morgan fingerprint density at radius 2 is 1.76 bits per heavy atom. The predicted octanol–water partition coefficient (Wildman–Crippen LogP) is 3.76. The van der Waals surface area contributed by atoms with Gasteiger partial charge in [-0.05, 0) is 49.1 Å². The first-order valence-corrected chi connectivity index (χ1v) is 10.8. The number of hydrogen-bond acceptors (Lipinski definition) is 4. The minimum Gasteiger partial charge on any atom is -0.342 e. The Morgan fingerprint density at radius 3 is 2.36 bits per heavy atom. The smallest absolute Gasteiger partial charge is 0.271 e. The molecular weight excluding hydrogens is 380 g/mol. The number of nitrogens with one attached hydrogen (secondary N) is 1. The van der Waals surface area contributed by atoms with Gasteiger partial charge < -0.3 is 4.90 Å². The molecule has 1 saturated heterocycles. The second kappa shape index (κ2) is 7.76. The number of halogens is 1. The molecule has 8 heteroatoms. The van der Waals surface area contributed by atoms with Crippen LogP contribution < -0.4 is 4.72 Å². The second-order valence-electron chi connectivity index (χ2n) is 5.98. The van der Waals surface area contributed by atoms with Gasteiger partial charge in [-0.25, -0.2) is 8.42 Å². The monoisotopic (exact) mass is 398 g/mol. The van der Waals surface area contributed by atoms with E-state index >= 15 is 0 Å². The SMILES string of the molecule is O=C(Cc1ccc(NS(=O)(=O)c2ccc(Cl)s2)cc1)N1CCCCC1. The van der Waals surface area contributed by atoms with Crippen LogP contribution in [0.15, 0.2) is 40.6 Å². The van der Waals surface area contributed by atoms with Crippen LogP contribution in [-0.2, 0) is 21.2 Å². The molecule has 1 N–H and O–H groups in total. The molecule has 0 spiro atoms. The first-order valence-electron chi connectivity index (χ1n) is 8.09. The molecule has 0 unspecified atom stereocenters. The first kappa shape index (κ1) is 18.2. The molecule has 1 aromatic carbocycles. The summed E-state index contributed by atoms with van der Waals surface area (Å²) in [6.45, 7) is 1.67. The van der Waals surface area contributed by atoms with E-state index in [0.717, 1.165) is 42.8 Å². The molecule has 1 aliphatic rings. The lowest BCUT2D eigenvalue weighted by atomic mass is 10.1. The minimum atomic E-state index is -3.64. The molecule has 5 nitrogen and oxygen atoms in total. The largest absolute Gasteiger partial charge is 0.342 e. The Labute approximate surface area is 156 Å². The molecular formula is C17H19ClN2O3S2. The van der Waals surface area contributed by atoms with Crippen molar-refractivity contribution in [1.29, 1.82) is 0 Å². The molecule has 0 radical (unpaired) electrons. The maximum absolute atomic E-state index is 12.3. The van der Waals surface area contributed by atoms with Crippen molar-refractivity contribution < 1.29 is 13.2 Å². The number of anilines is 1. The number of likely N-dealkylation sites (tertiary alicyclic amines) is 1. The number of hydrogen-bond donors (Lipinski definition) is 1. The number of carbonyl (C=O) groups excluding carboxylic acids is 1. The van der Waals surface area contributed by atoms with Crippen molar-refractivity contribution in [3.05, 3.63) is 46.3 Å². The van der Waals surface area contributed by atoms with Crippen molar-refractivity contribution in [2.75, 3.05) is 17.8 Å². The highest BCUT2D eigenvalue weighted by atomic mass is 35.5. The van der Waals surface area contributed by atoms with E-state index in [1.807, 2.05) is 4.90 Å². The van der Waals surface area contributed by atoms with E-state index in [-0.39, 0.29) is 10.1 Å². The summed E-state index contributed by atoms with van der Waals surface area (Å²) in [6, 6.07) is 9.93. The van der Waals surface area contributed by atoms with E-state index in [9.17, 15) is 13.2 Å². The van der Waals surface area contributed by atoms with Crippen LogP contribution in [0.5, 0.6) is 0 Å². The van der Waals surface area contributed by atoms with Gasteiger partial charge in [0.2, 0.25) is 5.91 Å². The fourth-order valence-corrected chi connectivity index (χ4v) is 5.31. The highest BCUT2D eigenvalue weighted by Crippen LogP contribution is 2.27. The molecule has 134 valence electrons. The van der Waals surface area contributed by atoms with Crippen LogP contribution in [0.4, 0.5) is 5.69 Å². The van der Waals surface area contributed by atoms with Crippen LogP contribution >= 0.6 is 22.9 Å². The summed E-state index contributed by atoms with van der Waals surface area (Å²) >= 11 is 6.80. The van der Waals surface area contributed by atoms with E-state index in [1.54, 1.807) is 30.3 Å². The molecule has 2 aromatic rings. The average molecular weight is 399 g/mol. The molecule has 0 aliphatic carbocycles. The highest BCUT2D eigenvalue weighted by molar-refractivity contribution is 7.94. The lowest BCUT2D eigenvalue weighted by Crippen LogP contribution is -2.36. The van der Waals surface area contributed by atoms with Crippen LogP contribution in [-0.4, -0.2) is 32.3 Å². The van der Waals surface area contributed by atoms with Crippen LogP contribution in [0.3, 0.4) is 0 Å². The van der Waals surface area contributed by atoms with Crippen molar-refractivity contribution in [2.45, 2.75) is 29.9 Å². The lowest BCUT2D eigenvalue weighted by Gasteiger charge is -2.26. The fraction of sp³-hybridized carbons (Fsp3) is 0.353. The molecule has 0 atom stereocenters. The highest BCUT2D eigenvalue weighted by Gasteiger charge is 2.18. The standard InChI is InChI=1S/C17H19ClN2O3S2/c18-15-8-9-17(24-15)25(22,23)19-14-6-4-13(5-7-14)12-16(21)20-10-2-1-3-11-20/h4-9,19H,1-3,10-12H2. The van der Waals surface area contributed by atoms with Gasteiger partial charge in [0.15, 0.2) is 0 Å². The molecule has 25 heavy (non-hydrogen) atoms. The van der Waals surface area contributed by atoms with Crippen LogP contribution in [0.2, 0.25) is 4.34 Å². The zero-order valence-electron chi connectivity index (χ0n) is 13.6. The maximum atomic E-state index is 12.3. The number of amides is 1. The van der Waals surface area contributed by atoms with Crippen LogP contribution in [0.25, 0.3) is 0 Å². The third-order valence-electron chi connectivity index (χ3n) is 4.08. The molecule has 1 aromatic heterocycles. The quantitative estimate of drug-likeness (QED) is 0.833. The van der Waals surface area contributed by atoms with Gasteiger partial charge in [-0.15, -0.1) is 11.3 Å². The summed E-state index contributed by atoms with van der Waals surface area (Å²) in [5, 5.41) is 0. The molecule has 1 aliphatic heterocycles. The summed E-state index contributed by atoms with van der Waals surface area (Å²) < 4.78 is 27.6. The first-order chi connectivity index (χ1) is 11.9. The number of piperidine rings is 1. The average Bonchev–Trinajstić information content (AvgIpc) is 3.05. The van der Waals surface area contributed by atoms with Crippen LogP contribution in [0, 0.1) is 0 Å². The third kappa shape index (κ3) is 4.74. The molecule has 0 bridgehead atoms. The number of thiophene rings is 1. The zero-order chi connectivity index (χ0) is 17.9. The van der Waals surface area contributed by atoms with Crippen molar-refractivity contribution in [2.24, 2.45) is 0 Å². The summed E-state index contributed by atoms with van der Waals surface area (Å²) in [5.41, 5.74) is 1.33. The van der Waals surface area contributed by atoms with Gasteiger partial charge in [-0.1, -0.05) is 23.7 Å². The van der Waals surface area contributed by atoms with E-state index in [4.69, 9.17) is 11.6 Å². The van der Waals surface area contributed by atoms with E-state index in [1.165, 1.54) is 12.5 Å². The fourth-order valence-electron chi connectivity index (χ4n) is 2.77. The molecule has 1 amide bonds. The Hall–Kier alpha value is -1.57. The van der Waals surface area contributed by atoms with Gasteiger partial charge >= 0.3 is 0 Å². The van der Waals surface area contributed by atoms with E-state index < -0.39 is 10.0 Å². The lowest BCUT2D eigenvalue weighted by molar-refractivity contribution is -0.131. The van der Waals surface area contributed by atoms with E-state index in [0.29, 0.717) is 16.4 Å². The van der Waals surface area contributed by atoms with Gasteiger partial charge in [0, 0.05) is 18.8 Å². The number of sulfonamides is 1. The number of rotatable bonds is 5. The topological polar surface area (TPSA) is 66.5 Å². The van der Waals surface area contributed by atoms with Crippen molar-refractivity contribution in [1.82, 2.24) is 4.90 Å². The minimum absolute atomic E-state index is 0.126. The van der Waals surface area contributed by atoms with Crippen molar-refractivity contribution in [3.8, 4) is 0 Å². The molecule has 3 rings (SSSR count). The third-order valence-corrected chi connectivity index (χ3v) is 7.19. The second-order valence-corrected chi connectivity index (χ2v) is 9.60. The summed E-state index contributed by atoms with van der Waals surface area (Å²) in [4.78, 5) is 14.2. The number of nitrogens with zero attached hydrogens (tertiary/aromatic N) is 1. The molecule has 2 heterocycles. The number of benzene rings is 1. The van der Waals surface area contributed by atoms with Crippen molar-refractivity contribution in [3.63, 3.8) is 0 Å². The Bertz CT molecular complexity index is 841. The maximum Gasteiger partial charge on any atom is 0.271 e. The Balaban J connectivity index is 1.63. The molecule has 1 fully saturated rings. The van der Waals surface area contributed by atoms with Gasteiger partial charge in [-0.3, -0.25) is 9.52 Å².